The second kappa shape index (κ2) is 2.13. The van der Waals surface area contributed by atoms with Gasteiger partial charge in [-0.1, -0.05) is 6.07 Å². The smallest absolute Gasteiger partial charge is 0.146 e. The van der Waals surface area contributed by atoms with Crippen LogP contribution in [-0.4, -0.2) is 11.5 Å². The summed E-state index contributed by atoms with van der Waals surface area (Å²) in [7, 11) is 0. The van der Waals surface area contributed by atoms with Gasteiger partial charge in [-0.15, -0.1) is 0 Å². The molecule has 0 spiro atoms. The third kappa shape index (κ3) is 0.762. The van der Waals surface area contributed by atoms with Crippen molar-refractivity contribution in [2.75, 3.05) is 11.0 Å². The molecule has 0 unspecified atom stereocenters. The molecule has 3 heteroatoms. The van der Waals surface area contributed by atoms with Gasteiger partial charge in [-0.2, -0.15) is 0 Å². The molecule has 10 heavy (non-hydrogen) atoms. The second-order valence-corrected chi connectivity index (χ2v) is 2.73. The summed E-state index contributed by atoms with van der Waals surface area (Å²) < 4.78 is 1.66. The number of pyridine rings is 1. The number of anilines is 1. The zero-order chi connectivity index (χ0) is 6.97. The van der Waals surface area contributed by atoms with E-state index in [1.54, 1.807) is 10.6 Å². The van der Waals surface area contributed by atoms with Crippen LogP contribution in [0.4, 0.5) is 5.82 Å². The highest BCUT2D eigenvalue weighted by atomic mass is 35.5. The van der Waals surface area contributed by atoms with Crippen molar-refractivity contribution >= 4 is 17.6 Å². The molecule has 0 saturated carbocycles. The van der Waals surface area contributed by atoms with Gasteiger partial charge in [0.2, 0.25) is 0 Å². The number of nitrogens with zero attached hydrogens (tertiary/aromatic N) is 2. The van der Waals surface area contributed by atoms with Crippen molar-refractivity contribution < 1.29 is 0 Å². The fourth-order valence-corrected chi connectivity index (χ4v) is 1.41. The van der Waals surface area contributed by atoms with E-state index in [-0.39, 0.29) is 0 Å². The van der Waals surface area contributed by atoms with Gasteiger partial charge in [0.25, 0.3) is 0 Å². The van der Waals surface area contributed by atoms with E-state index in [1.165, 1.54) is 5.56 Å². The SMILES string of the molecule is ClN1CCc2cccnc21. The molecular weight excluding hydrogens is 148 g/mol. The highest BCUT2D eigenvalue weighted by Gasteiger charge is 2.16. The standard InChI is InChI=1S/C7H7ClN2/c8-10-5-3-6-2-1-4-9-7(6)10/h1-2,4H,3,5H2. The Morgan fingerprint density at radius 1 is 1.60 bits per heavy atom. The van der Waals surface area contributed by atoms with Crippen LogP contribution in [0.15, 0.2) is 18.3 Å². The zero-order valence-corrected chi connectivity index (χ0v) is 6.17. The van der Waals surface area contributed by atoms with E-state index in [4.69, 9.17) is 11.8 Å². The lowest BCUT2D eigenvalue weighted by Crippen LogP contribution is -2.05. The van der Waals surface area contributed by atoms with Crippen LogP contribution in [0.3, 0.4) is 0 Å². The predicted octanol–water partition coefficient (Wildman–Crippen LogP) is 1.60. The fourth-order valence-electron chi connectivity index (χ4n) is 1.17. The maximum absolute atomic E-state index is 5.81. The summed E-state index contributed by atoms with van der Waals surface area (Å²) in [6.07, 6.45) is 2.78. The van der Waals surface area contributed by atoms with Crippen LogP contribution in [-0.2, 0) is 6.42 Å². The molecule has 0 radical (unpaired) electrons. The van der Waals surface area contributed by atoms with Crippen molar-refractivity contribution in [2.24, 2.45) is 0 Å². The number of halogens is 1. The summed E-state index contributed by atoms with van der Waals surface area (Å²) in [5.41, 5.74) is 1.25. The third-order valence-corrected chi connectivity index (χ3v) is 2.00. The van der Waals surface area contributed by atoms with Crippen LogP contribution in [0.25, 0.3) is 0 Å². The maximum atomic E-state index is 5.81. The Labute approximate surface area is 64.5 Å². The Morgan fingerprint density at radius 2 is 2.50 bits per heavy atom. The monoisotopic (exact) mass is 154 g/mol. The van der Waals surface area contributed by atoms with Gasteiger partial charge < -0.3 is 0 Å². The van der Waals surface area contributed by atoms with Gasteiger partial charge in [0.1, 0.15) is 5.82 Å². The summed E-state index contributed by atoms with van der Waals surface area (Å²) in [6, 6.07) is 4.00. The average Bonchev–Trinajstić information content (AvgIpc) is 2.34. The van der Waals surface area contributed by atoms with E-state index >= 15 is 0 Å². The van der Waals surface area contributed by atoms with Crippen LogP contribution < -0.4 is 4.42 Å². The maximum Gasteiger partial charge on any atom is 0.146 e. The van der Waals surface area contributed by atoms with E-state index in [9.17, 15) is 0 Å². The van der Waals surface area contributed by atoms with Crippen LogP contribution in [0.2, 0.25) is 0 Å². The van der Waals surface area contributed by atoms with E-state index in [0.29, 0.717) is 0 Å². The molecule has 0 bridgehead atoms. The molecule has 2 heterocycles. The van der Waals surface area contributed by atoms with Crippen molar-refractivity contribution in [1.29, 1.82) is 0 Å². The topological polar surface area (TPSA) is 16.1 Å². The minimum absolute atomic E-state index is 0.883. The van der Waals surface area contributed by atoms with Gasteiger partial charge in [0.15, 0.2) is 0 Å². The van der Waals surface area contributed by atoms with Crippen LogP contribution in [0.1, 0.15) is 5.56 Å². The van der Waals surface area contributed by atoms with Gasteiger partial charge in [-0.05, 0) is 18.1 Å². The van der Waals surface area contributed by atoms with Crippen LogP contribution in [0, 0.1) is 0 Å². The van der Waals surface area contributed by atoms with Crippen LogP contribution >= 0.6 is 11.8 Å². The predicted molar refractivity (Wildman–Crippen MR) is 41.1 cm³/mol. The molecule has 0 saturated heterocycles. The Balaban J connectivity index is 2.51. The van der Waals surface area contributed by atoms with E-state index in [1.807, 2.05) is 6.07 Å². The van der Waals surface area contributed by atoms with Crippen molar-refractivity contribution in [3.05, 3.63) is 23.9 Å². The molecule has 1 aliphatic heterocycles. The van der Waals surface area contributed by atoms with Crippen molar-refractivity contribution in [2.45, 2.75) is 6.42 Å². The lowest BCUT2D eigenvalue weighted by atomic mass is 10.2. The van der Waals surface area contributed by atoms with E-state index in [2.05, 4.69) is 11.1 Å². The van der Waals surface area contributed by atoms with E-state index < -0.39 is 0 Å². The van der Waals surface area contributed by atoms with Gasteiger partial charge in [-0.25, -0.2) is 4.98 Å². The number of aromatic nitrogens is 1. The summed E-state index contributed by atoms with van der Waals surface area (Å²) in [5, 5.41) is 0. The summed E-state index contributed by atoms with van der Waals surface area (Å²) >= 11 is 5.81. The number of hydrogen-bond donors (Lipinski definition) is 0. The average molecular weight is 155 g/mol. The molecule has 0 amide bonds. The van der Waals surface area contributed by atoms with Gasteiger partial charge in [-0.3, -0.25) is 4.42 Å². The fraction of sp³-hybridized carbons (Fsp3) is 0.286. The number of rotatable bonds is 0. The number of fused-ring (bicyclic) bond motifs is 1. The molecule has 0 atom stereocenters. The second-order valence-electron chi connectivity index (χ2n) is 2.32. The lowest BCUT2D eigenvalue weighted by Gasteiger charge is -2.04. The largest absolute Gasteiger partial charge is 0.268 e. The minimum atomic E-state index is 0.883. The molecule has 0 fully saturated rings. The first-order chi connectivity index (χ1) is 4.88. The molecule has 1 aromatic heterocycles. The third-order valence-electron chi connectivity index (χ3n) is 1.67. The highest BCUT2D eigenvalue weighted by Crippen LogP contribution is 2.25. The van der Waals surface area contributed by atoms with E-state index in [0.717, 1.165) is 18.8 Å². The minimum Gasteiger partial charge on any atom is -0.268 e. The quantitative estimate of drug-likeness (QED) is 0.528. The Kier molecular flexibility index (Phi) is 1.27. The van der Waals surface area contributed by atoms with Gasteiger partial charge in [0.05, 0.1) is 0 Å². The first kappa shape index (κ1) is 5.98. The normalized spacial score (nSPS) is 15.5. The molecule has 2 rings (SSSR count). The Hall–Kier alpha value is -0.760. The highest BCUT2D eigenvalue weighted by molar-refractivity contribution is 6.25. The summed E-state index contributed by atoms with van der Waals surface area (Å²) in [6.45, 7) is 0.883. The molecular formula is C7H7ClN2. The first-order valence-electron chi connectivity index (χ1n) is 3.25. The summed E-state index contributed by atoms with van der Waals surface area (Å²) in [5.74, 6) is 0.921. The Morgan fingerprint density at radius 3 is 3.30 bits per heavy atom. The summed E-state index contributed by atoms with van der Waals surface area (Å²) in [4.78, 5) is 4.13. The molecule has 1 aromatic rings. The van der Waals surface area contributed by atoms with Gasteiger partial charge in [0, 0.05) is 24.5 Å². The molecule has 52 valence electrons. The molecule has 0 N–H and O–H groups in total. The van der Waals surface area contributed by atoms with Gasteiger partial charge >= 0.3 is 0 Å². The van der Waals surface area contributed by atoms with Crippen LogP contribution in [0.5, 0.6) is 0 Å². The molecule has 2 nitrogen and oxygen atoms in total. The van der Waals surface area contributed by atoms with Crippen molar-refractivity contribution in [3.63, 3.8) is 0 Å². The molecule has 0 aliphatic carbocycles. The molecule has 1 aliphatic rings. The van der Waals surface area contributed by atoms with Crippen molar-refractivity contribution in [3.8, 4) is 0 Å². The number of hydrogen-bond acceptors (Lipinski definition) is 2. The Bertz CT molecular complexity index is 249. The van der Waals surface area contributed by atoms with Crippen molar-refractivity contribution in [1.82, 2.24) is 4.98 Å². The lowest BCUT2D eigenvalue weighted by molar-refractivity contribution is 1.04. The molecule has 0 aromatic carbocycles. The first-order valence-corrected chi connectivity index (χ1v) is 3.59. The zero-order valence-electron chi connectivity index (χ0n) is 5.42.